The lowest BCUT2D eigenvalue weighted by Gasteiger charge is -2.13. The average Bonchev–Trinajstić information content (AvgIpc) is 2.37. The molecule has 0 unspecified atom stereocenters. The molecule has 0 amide bonds. The molecule has 0 saturated carbocycles. The molecule has 0 atom stereocenters. The maximum Gasteiger partial charge on any atom is 0.122 e. The molecule has 0 radical (unpaired) electrons. The van der Waals surface area contributed by atoms with Crippen LogP contribution in [0.4, 0.5) is 0 Å². The summed E-state index contributed by atoms with van der Waals surface area (Å²) in [5.41, 5.74) is 3.78. The van der Waals surface area contributed by atoms with Gasteiger partial charge in [0, 0.05) is 13.2 Å². The molecular formula is C17H29NO2. The van der Waals surface area contributed by atoms with Crippen LogP contribution in [0.25, 0.3) is 0 Å². The lowest BCUT2D eigenvalue weighted by atomic mass is 10.1. The molecule has 0 bridgehead atoms. The van der Waals surface area contributed by atoms with E-state index in [-0.39, 0.29) is 0 Å². The summed E-state index contributed by atoms with van der Waals surface area (Å²) >= 11 is 0. The molecule has 1 aromatic carbocycles. The molecule has 0 aliphatic rings. The van der Waals surface area contributed by atoms with E-state index >= 15 is 0 Å². The Hall–Kier alpha value is -1.06. The Kier molecular flexibility index (Phi) is 7.63. The molecule has 0 spiro atoms. The van der Waals surface area contributed by atoms with Crippen molar-refractivity contribution in [3.63, 3.8) is 0 Å². The molecule has 0 fully saturated rings. The quantitative estimate of drug-likeness (QED) is 0.703. The zero-order valence-corrected chi connectivity index (χ0v) is 13.6. The molecule has 1 N–H and O–H groups in total. The number of hydrogen-bond acceptors (Lipinski definition) is 3. The number of nitrogens with one attached hydrogen (secondary N) is 1. The van der Waals surface area contributed by atoms with Gasteiger partial charge in [-0.15, -0.1) is 0 Å². The summed E-state index contributed by atoms with van der Waals surface area (Å²) in [6.07, 6.45) is 1.37. The number of ether oxygens (including phenoxy) is 2. The van der Waals surface area contributed by atoms with Crippen molar-refractivity contribution in [2.45, 2.75) is 47.1 Å². The van der Waals surface area contributed by atoms with Crippen molar-refractivity contribution in [3.8, 4) is 5.75 Å². The van der Waals surface area contributed by atoms with Crippen molar-refractivity contribution in [1.29, 1.82) is 0 Å². The van der Waals surface area contributed by atoms with E-state index in [1.165, 1.54) is 16.7 Å². The number of hydrogen-bond donors (Lipinski definition) is 1. The van der Waals surface area contributed by atoms with Crippen molar-refractivity contribution in [2.75, 3.05) is 26.3 Å². The van der Waals surface area contributed by atoms with Crippen LogP contribution in [-0.4, -0.2) is 32.4 Å². The highest BCUT2D eigenvalue weighted by Gasteiger charge is 2.03. The van der Waals surface area contributed by atoms with Crippen LogP contribution in [-0.2, 0) is 4.74 Å². The predicted octanol–water partition coefficient (Wildman–Crippen LogP) is 3.40. The SMILES string of the molecule is Cc1cc(C)c(C)c(OCCNCCCOC(C)C)c1. The van der Waals surface area contributed by atoms with E-state index in [9.17, 15) is 0 Å². The first-order chi connectivity index (χ1) is 9.50. The highest BCUT2D eigenvalue weighted by molar-refractivity contribution is 5.41. The molecule has 1 aromatic rings. The van der Waals surface area contributed by atoms with Crippen molar-refractivity contribution in [3.05, 3.63) is 28.8 Å². The Morgan fingerprint density at radius 1 is 1.05 bits per heavy atom. The zero-order chi connectivity index (χ0) is 15.0. The highest BCUT2D eigenvalue weighted by Crippen LogP contribution is 2.22. The fourth-order valence-electron chi connectivity index (χ4n) is 2.03. The van der Waals surface area contributed by atoms with Gasteiger partial charge in [-0.3, -0.25) is 0 Å². The van der Waals surface area contributed by atoms with Gasteiger partial charge >= 0.3 is 0 Å². The molecule has 0 aliphatic heterocycles. The molecule has 3 nitrogen and oxygen atoms in total. The molecule has 3 heteroatoms. The summed E-state index contributed by atoms with van der Waals surface area (Å²) in [4.78, 5) is 0. The van der Waals surface area contributed by atoms with Crippen LogP contribution < -0.4 is 10.1 Å². The average molecular weight is 279 g/mol. The van der Waals surface area contributed by atoms with Crippen LogP contribution in [0, 0.1) is 20.8 Å². The molecule has 0 aliphatic carbocycles. The molecule has 20 heavy (non-hydrogen) atoms. The summed E-state index contributed by atoms with van der Waals surface area (Å²) in [5.74, 6) is 1.01. The molecule has 0 saturated heterocycles. The van der Waals surface area contributed by atoms with Gasteiger partial charge in [-0.2, -0.15) is 0 Å². The third kappa shape index (κ3) is 6.40. The zero-order valence-electron chi connectivity index (χ0n) is 13.6. The van der Waals surface area contributed by atoms with Crippen molar-refractivity contribution in [1.82, 2.24) is 5.32 Å². The molecule has 114 valence electrons. The first-order valence-corrected chi connectivity index (χ1v) is 7.53. The standard InChI is InChI=1S/C17H29NO2/c1-13(2)19-9-6-7-18-8-10-20-17-12-14(3)11-15(4)16(17)5/h11-13,18H,6-10H2,1-5H3. The number of benzene rings is 1. The second-order valence-electron chi connectivity index (χ2n) is 5.58. The third-order valence-corrected chi connectivity index (χ3v) is 3.25. The minimum Gasteiger partial charge on any atom is -0.492 e. The number of aryl methyl sites for hydroxylation is 2. The smallest absolute Gasteiger partial charge is 0.122 e. The fourth-order valence-corrected chi connectivity index (χ4v) is 2.03. The van der Waals surface area contributed by atoms with E-state index in [2.05, 4.69) is 52.1 Å². The van der Waals surface area contributed by atoms with Crippen molar-refractivity contribution < 1.29 is 9.47 Å². The highest BCUT2D eigenvalue weighted by atomic mass is 16.5. The first-order valence-electron chi connectivity index (χ1n) is 7.53. The lowest BCUT2D eigenvalue weighted by Crippen LogP contribution is -2.23. The maximum absolute atomic E-state index is 5.85. The van der Waals surface area contributed by atoms with Crippen LogP contribution in [0.2, 0.25) is 0 Å². The van der Waals surface area contributed by atoms with E-state index in [0.717, 1.165) is 31.9 Å². The lowest BCUT2D eigenvalue weighted by molar-refractivity contribution is 0.0770. The van der Waals surface area contributed by atoms with Crippen LogP contribution in [0.3, 0.4) is 0 Å². The van der Waals surface area contributed by atoms with Gasteiger partial charge in [0.05, 0.1) is 6.10 Å². The van der Waals surface area contributed by atoms with E-state index < -0.39 is 0 Å². The van der Waals surface area contributed by atoms with Gasteiger partial charge in [0.1, 0.15) is 12.4 Å². The van der Waals surface area contributed by atoms with Gasteiger partial charge in [0.15, 0.2) is 0 Å². The number of rotatable bonds is 9. The van der Waals surface area contributed by atoms with Gasteiger partial charge < -0.3 is 14.8 Å². The summed E-state index contributed by atoms with van der Waals surface area (Å²) in [5, 5.41) is 3.37. The Bertz CT molecular complexity index is 402. The van der Waals surface area contributed by atoms with Gasteiger partial charge in [-0.1, -0.05) is 6.07 Å². The normalized spacial score (nSPS) is 11.1. The van der Waals surface area contributed by atoms with Crippen LogP contribution in [0.1, 0.15) is 37.0 Å². The Morgan fingerprint density at radius 3 is 2.50 bits per heavy atom. The molecule has 1 rings (SSSR count). The fraction of sp³-hybridized carbons (Fsp3) is 0.647. The second-order valence-corrected chi connectivity index (χ2v) is 5.58. The monoisotopic (exact) mass is 279 g/mol. The molecule has 0 heterocycles. The predicted molar refractivity (Wildman–Crippen MR) is 84.7 cm³/mol. The summed E-state index contributed by atoms with van der Waals surface area (Å²) in [7, 11) is 0. The molecule has 0 aromatic heterocycles. The van der Waals surface area contributed by atoms with E-state index in [4.69, 9.17) is 9.47 Å². The topological polar surface area (TPSA) is 30.5 Å². The van der Waals surface area contributed by atoms with Crippen molar-refractivity contribution in [2.24, 2.45) is 0 Å². The van der Waals surface area contributed by atoms with Crippen LogP contribution in [0.5, 0.6) is 5.75 Å². The second kappa shape index (κ2) is 8.98. The van der Waals surface area contributed by atoms with Crippen LogP contribution >= 0.6 is 0 Å². The van der Waals surface area contributed by atoms with Gasteiger partial charge in [0.2, 0.25) is 0 Å². The Balaban J connectivity index is 2.16. The van der Waals surface area contributed by atoms with Gasteiger partial charge in [-0.05, 0) is 70.3 Å². The Morgan fingerprint density at radius 2 is 1.80 bits per heavy atom. The third-order valence-electron chi connectivity index (χ3n) is 3.25. The first kappa shape index (κ1) is 17.0. The summed E-state index contributed by atoms with van der Waals surface area (Å²) < 4.78 is 11.3. The van der Waals surface area contributed by atoms with E-state index in [0.29, 0.717) is 12.7 Å². The summed E-state index contributed by atoms with van der Waals surface area (Å²) in [6, 6.07) is 4.30. The maximum atomic E-state index is 5.85. The minimum absolute atomic E-state index is 0.325. The van der Waals surface area contributed by atoms with Crippen molar-refractivity contribution >= 4 is 0 Å². The van der Waals surface area contributed by atoms with Gasteiger partial charge in [-0.25, -0.2) is 0 Å². The molecular weight excluding hydrogens is 250 g/mol. The summed E-state index contributed by atoms with van der Waals surface area (Å²) in [6.45, 7) is 13.8. The Labute approximate surface area is 123 Å². The van der Waals surface area contributed by atoms with Gasteiger partial charge in [0.25, 0.3) is 0 Å². The van der Waals surface area contributed by atoms with E-state index in [1.54, 1.807) is 0 Å². The largest absolute Gasteiger partial charge is 0.492 e. The minimum atomic E-state index is 0.325. The van der Waals surface area contributed by atoms with Crippen LogP contribution in [0.15, 0.2) is 12.1 Å². The van der Waals surface area contributed by atoms with E-state index in [1.807, 2.05) is 0 Å².